The Kier molecular flexibility index (Phi) is 4.44. The lowest BCUT2D eigenvalue weighted by molar-refractivity contribution is 0.414. The second-order valence-electron chi connectivity index (χ2n) is 3.69. The highest BCUT2D eigenvalue weighted by atomic mass is 79.9. The Morgan fingerprint density at radius 1 is 1.33 bits per heavy atom. The molecule has 5 heteroatoms. The van der Waals surface area contributed by atoms with E-state index in [0.717, 1.165) is 15.8 Å². The van der Waals surface area contributed by atoms with Gasteiger partial charge in [-0.3, -0.25) is 0 Å². The largest absolute Gasteiger partial charge is 0.497 e. The van der Waals surface area contributed by atoms with Crippen LogP contribution in [0, 0.1) is 0 Å². The van der Waals surface area contributed by atoms with E-state index in [-0.39, 0.29) is 0 Å². The van der Waals surface area contributed by atoms with Crippen molar-refractivity contribution in [2.24, 2.45) is 0 Å². The van der Waals surface area contributed by atoms with Crippen LogP contribution in [0.1, 0.15) is 5.56 Å². The number of benzene rings is 1. The number of hydrogen-bond donors (Lipinski definition) is 1. The second kappa shape index (κ2) is 6.07. The quantitative estimate of drug-likeness (QED) is 0.917. The Labute approximate surface area is 119 Å². The van der Waals surface area contributed by atoms with E-state index in [1.807, 2.05) is 30.3 Å². The smallest absolute Gasteiger partial charge is 0.145 e. The van der Waals surface area contributed by atoms with Crippen LogP contribution in [0.4, 0.5) is 5.82 Å². The van der Waals surface area contributed by atoms with E-state index in [1.54, 1.807) is 13.3 Å². The average molecular weight is 328 g/mol. The molecule has 2 rings (SSSR count). The fourth-order valence-corrected chi connectivity index (χ4v) is 2.17. The van der Waals surface area contributed by atoms with Crippen LogP contribution in [0.25, 0.3) is 0 Å². The first-order valence-electron chi connectivity index (χ1n) is 5.37. The van der Waals surface area contributed by atoms with Crippen LogP contribution >= 0.6 is 27.5 Å². The zero-order valence-electron chi connectivity index (χ0n) is 9.78. The zero-order valence-corrected chi connectivity index (χ0v) is 12.1. The molecule has 0 aliphatic carbocycles. The van der Waals surface area contributed by atoms with E-state index in [4.69, 9.17) is 16.3 Å². The number of nitrogens with zero attached hydrogens (tertiary/aromatic N) is 1. The van der Waals surface area contributed by atoms with Gasteiger partial charge in [0, 0.05) is 17.2 Å². The van der Waals surface area contributed by atoms with E-state index in [0.29, 0.717) is 17.4 Å². The van der Waals surface area contributed by atoms with Gasteiger partial charge in [-0.05, 0) is 39.7 Å². The van der Waals surface area contributed by atoms with Gasteiger partial charge in [0.15, 0.2) is 0 Å². The molecule has 1 aromatic heterocycles. The van der Waals surface area contributed by atoms with E-state index in [2.05, 4.69) is 26.2 Å². The molecule has 0 bridgehead atoms. The fraction of sp³-hybridized carbons (Fsp3) is 0.154. The molecule has 0 radical (unpaired) electrons. The predicted molar refractivity (Wildman–Crippen MR) is 77.3 cm³/mol. The molecule has 1 aromatic carbocycles. The maximum atomic E-state index is 6.07. The number of anilines is 1. The van der Waals surface area contributed by atoms with Gasteiger partial charge >= 0.3 is 0 Å². The number of pyridine rings is 1. The molecule has 0 saturated carbocycles. The van der Waals surface area contributed by atoms with Crippen molar-refractivity contribution in [2.75, 3.05) is 12.4 Å². The summed E-state index contributed by atoms with van der Waals surface area (Å²) in [6.45, 7) is 0.665. The first-order chi connectivity index (χ1) is 8.69. The van der Waals surface area contributed by atoms with Crippen LogP contribution in [-0.4, -0.2) is 12.1 Å². The molecule has 1 N–H and O–H groups in total. The monoisotopic (exact) mass is 326 g/mol. The van der Waals surface area contributed by atoms with Crippen LogP contribution in [0.2, 0.25) is 5.02 Å². The van der Waals surface area contributed by atoms with Crippen LogP contribution < -0.4 is 10.1 Å². The number of halogens is 2. The molecule has 3 nitrogen and oxygen atoms in total. The highest BCUT2D eigenvalue weighted by Crippen LogP contribution is 2.23. The standard InChI is InChI=1S/C13H12BrClN2O/c1-18-11-4-2-9(3-5-11)7-16-13-12(15)6-10(14)8-17-13/h2-6,8H,7H2,1H3,(H,16,17). The summed E-state index contributed by atoms with van der Waals surface area (Å²) in [6.07, 6.45) is 1.71. The predicted octanol–water partition coefficient (Wildman–Crippen LogP) is 4.12. The van der Waals surface area contributed by atoms with E-state index < -0.39 is 0 Å². The van der Waals surface area contributed by atoms with Crippen molar-refractivity contribution >= 4 is 33.3 Å². The van der Waals surface area contributed by atoms with Gasteiger partial charge in [0.05, 0.1) is 12.1 Å². The molecule has 0 amide bonds. The van der Waals surface area contributed by atoms with Gasteiger partial charge in [-0.25, -0.2) is 4.98 Å². The van der Waals surface area contributed by atoms with Gasteiger partial charge in [0.2, 0.25) is 0 Å². The minimum absolute atomic E-state index is 0.595. The van der Waals surface area contributed by atoms with Crippen molar-refractivity contribution in [3.8, 4) is 5.75 Å². The summed E-state index contributed by atoms with van der Waals surface area (Å²) in [5.41, 5.74) is 1.14. The Bertz CT molecular complexity index is 531. The zero-order chi connectivity index (χ0) is 13.0. The van der Waals surface area contributed by atoms with Gasteiger partial charge in [-0.1, -0.05) is 23.7 Å². The lowest BCUT2D eigenvalue weighted by Crippen LogP contribution is -2.01. The van der Waals surface area contributed by atoms with Gasteiger partial charge < -0.3 is 10.1 Å². The minimum atomic E-state index is 0.595. The summed E-state index contributed by atoms with van der Waals surface area (Å²) in [6, 6.07) is 9.66. The van der Waals surface area contributed by atoms with E-state index >= 15 is 0 Å². The maximum absolute atomic E-state index is 6.07. The van der Waals surface area contributed by atoms with Crippen LogP contribution in [0.15, 0.2) is 41.0 Å². The summed E-state index contributed by atoms with van der Waals surface area (Å²) in [5.74, 6) is 1.52. The maximum Gasteiger partial charge on any atom is 0.145 e. The summed E-state index contributed by atoms with van der Waals surface area (Å²) < 4.78 is 5.97. The Balaban J connectivity index is 2.02. The van der Waals surface area contributed by atoms with Crippen molar-refractivity contribution in [3.63, 3.8) is 0 Å². The molecule has 2 aromatic rings. The molecular formula is C13H12BrClN2O. The first kappa shape index (κ1) is 13.2. The third-order valence-corrected chi connectivity index (χ3v) is 3.15. The number of ether oxygens (including phenoxy) is 1. The van der Waals surface area contributed by atoms with Gasteiger partial charge in [0.25, 0.3) is 0 Å². The van der Waals surface area contributed by atoms with Gasteiger partial charge in [0.1, 0.15) is 11.6 Å². The number of nitrogens with one attached hydrogen (secondary N) is 1. The molecule has 0 aliphatic rings. The molecule has 0 saturated heterocycles. The van der Waals surface area contributed by atoms with Crippen molar-refractivity contribution < 1.29 is 4.74 Å². The lowest BCUT2D eigenvalue weighted by Gasteiger charge is -2.08. The molecule has 0 fully saturated rings. The van der Waals surface area contributed by atoms with Crippen molar-refractivity contribution in [2.45, 2.75) is 6.54 Å². The average Bonchev–Trinajstić information content (AvgIpc) is 2.38. The SMILES string of the molecule is COc1ccc(CNc2ncc(Br)cc2Cl)cc1. The third-order valence-electron chi connectivity index (χ3n) is 2.43. The molecule has 0 unspecified atom stereocenters. The number of rotatable bonds is 4. The summed E-state index contributed by atoms with van der Waals surface area (Å²) in [7, 11) is 1.65. The highest BCUT2D eigenvalue weighted by Gasteiger charge is 2.02. The van der Waals surface area contributed by atoms with Crippen LogP contribution in [0.3, 0.4) is 0 Å². The topological polar surface area (TPSA) is 34.1 Å². The summed E-state index contributed by atoms with van der Waals surface area (Å²) >= 11 is 9.39. The molecule has 18 heavy (non-hydrogen) atoms. The molecule has 0 aliphatic heterocycles. The second-order valence-corrected chi connectivity index (χ2v) is 5.01. The molecule has 0 atom stereocenters. The first-order valence-corrected chi connectivity index (χ1v) is 6.54. The normalized spacial score (nSPS) is 10.2. The van der Waals surface area contributed by atoms with Crippen LogP contribution in [0.5, 0.6) is 5.75 Å². The Morgan fingerprint density at radius 3 is 2.67 bits per heavy atom. The van der Waals surface area contributed by atoms with Gasteiger partial charge in [-0.15, -0.1) is 0 Å². The number of methoxy groups -OCH3 is 1. The lowest BCUT2D eigenvalue weighted by atomic mass is 10.2. The Morgan fingerprint density at radius 2 is 2.06 bits per heavy atom. The van der Waals surface area contributed by atoms with Crippen molar-refractivity contribution in [1.29, 1.82) is 0 Å². The Hall–Kier alpha value is -1.26. The van der Waals surface area contributed by atoms with Crippen molar-refractivity contribution in [1.82, 2.24) is 4.98 Å². The van der Waals surface area contributed by atoms with E-state index in [1.165, 1.54) is 0 Å². The highest BCUT2D eigenvalue weighted by molar-refractivity contribution is 9.10. The molecule has 94 valence electrons. The molecule has 1 heterocycles. The number of hydrogen-bond acceptors (Lipinski definition) is 3. The minimum Gasteiger partial charge on any atom is -0.497 e. The molecular weight excluding hydrogens is 316 g/mol. The van der Waals surface area contributed by atoms with Gasteiger partial charge in [-0.2, -0.15) is 0 Å². The van der Waals surface area contributed by atoms with E-state index in [9.17, 15) is 0 Å². The molecule has 0 spiro atoms. The van der Waals surface area contributed by atoms with Crippen molar-refractivity contribution in [3.05, 3.63) is 51.6 Å². The fourth-order valence-electron chi connectivity index (χ4n) is 1.47. The summed E-state index contributed by atoms with van der Waals surface area (Å²) in [4.78, 5) is 4.21. The number of aromatic nitrogens is 1. The third kappa shape index (κ3) is 3.37. The van der Waals surface area contributed by atoms with Crippen LogP contribution in [-0.2, 0) is 6.54 Å². The summed E-state index contributed by atoms with van der Waals surface area (Å²) in [5, 5.41) is 3.78.